The van der Waals surface area contributed by atoms with Gasteiger partial charge in [0.25, 0.3) is 0 Å². The van der Waals surface area contributed by atoms with Crippen molar-refractivity contribution in [3.63, 3.8) is 0 Å². The zero-order chi connectivity index (χ0) is 13.1. The Hall–Kier alpha value is -1.12. The molecule has 0 unspecified atom stereocenters. The second kappa shape index (κ2) is 5.89. The average molecular weight is 259 g/mol. The molecule has 0 saturated heterocycles. The van der Waals surface area contributed by atoms with Crippen LogP contribution in [0, 0.1) is 0 Å². The van der Waals surface area contributed by atoms with E-state index in [1.165, 1.54) is 57.1 Å². The topological polar surface area (TPSA) is 37.8 Å². The summed E-state index contributed by atoms with van der Waals surface area (Å²) in [6.45, 7) is 3.07. The molecule has 1 heterocycles. The zero-order valence-electron chi connectivity index (χ0n) is 12.0. The van der Waals surface area contributed by atoms with Crippen molar-refractivity contribution >= 4 is 5.82 Å². The third-order valence-corrected chi connectivity index (χ3v) is 4.61. The summed E-state index contributed by atoms with van der Waals surface area (Å²) < 4.78 is 0. The Kier molecular flexibility index (Phi) is 4.00. The van der Waals surface area contributed by atoms with E-state index < -0.39 is 0 Å². The smallest absolute Gasteiger partial charge is 0.134 e. The number of anilines is 1. The lowest BCUT2D eigenvalue weighted by molar-refractivity contribution is 0.634. The Bertz CT molecular complexity index is 384. The summed E-state index contributed by atoms with van der Waals surface area (Å²) in [7, 11) is 0. The molecule has 104 valence electrons. The molecule has 1 aromatic heterocycles. The van der Waals surface area contributed by atoms with Crippen LogP contribution < -0.4 is 5.32 Å². The Balaban J connectivity index is 1.88. The van der Waals surface area contributed by atoms with E-state index in [1.54, 1.807) is 0 Å². The lowest BCUT2D eigenvalue weighted by atomic mass is 10.0. The van der Waals surface area contributed by atoms with Crippen molar-refractivity contribution < 1.29 is 0 Å². The standard InChI is InChI=1S/C16H25N3/c1-2-17-15-11-14(12-7-3-4-8-12)18-16(19-15)13-9-5-6-10-13/h11-13H,2-10H2,1H3,(H,17,18,19). The molecule has 3 rings (SSSR count). The van der Waals surface area contributed by atoms with Crippen LogP contribution in [0.1, 0.15) is 81.6 Å². The molecule has 1 N–H and O–H groups in total. The quantitative estimate of drug-likeness (QED) is 0.879. The van der Waals surface area contributed by atoms with Crippen molar-refractivity contribution in [1.82, 2.24) is 9.97 Å². The van der Waals surface area contributed by atoms with Crippen LogP contribution in [0.4, 0.5) is 5.82 Å². The fourth-order valence-corrected chi connectivity index (χ4v) is 3.55. The first-order chi connectivity index (χ1) is 9.36. The third-order valence-electron chi connectivity index (χ3n) is 4.61. The van der Waals surface area contributed by atoms with Crippen LogP contribution in [0.5, 0.6) is 0 Å². The lowest BCUT2D eigenvalue weighted by Crippen LogP contribution is -2.10. The molecule has 0 bridgehead atoms. The van der Waals surface area contributed by atoms with Crippen LogP contribution >= 0.6 is 0 Å². The van der Waals surface area contributed by atoms with Crippen LogP contribution in [-0.4, -0.2) is 16.5 Å². The summed E-state index contributed by atoms with van der Waals surface area (Å²) >= 11 is 0. The van der Waals surface area contributed by atoms with Crippen molar-refractivity contribution in [2.45, 2.75) is 70.1 Å². The molecule has 0 radical (unpaired) electrons. The highest BCUT2D eigenvalue weighted by Gasteiger charge is 2.24. The predicted molar refractivity (Wildman–Crippen MR) is 78.6 cm³/mol. The van der Waals surface area contributed by atoms with Crippen LogP contribution in [-0.2, 0) is 0 Å². The Morgan fingerprint density at radius 2 is 1.63 bits per heavy atom. The molecule has 2 fully saturated rings. The molecule has 2 saturated carbocycles. The number of hydrogen-bond acceptors (Lipinski definition) is 3. The van der Waals surface area contributed by atoms with Crippen LogP contribution in [0.15, 0.2) is 6.07 Å². The van der Waals surface area contributed by atoms with E-state index in [1.807, 2.05) is 0 Å². The molecule has 0 spiro atoms. The summed E-state index contributed by atoms with van der Waals surface area (Å²) in [5.74, 6) is 3.44. The van der Waals surface area contributed by atoms with E-state index in [0.29, 0.717) is 11.8 Å². The Morgan fingerprint density at radius 1 is 1.00 bits per heavy atom. The molecule has 0 aromatic carbocycles. The van der Waals surface area contributed by atoms with Gasteiger partial charge in [0.1, 0.15) is 11.6 Å². The number of hydrogen-bond donors (Lipinski definition) is 1. The van der Waals surface area contributed by atoms with Gasteiger partial charge in [-0.15, -0.1) is 0 Å². The summed E-state index contributed by atoms with van der Waals surface area (Å²) in [6.07, 6.45) is 10.6. The average Bonchev–Trinajstić information content (AvgIpc) is 3.12. The van der Waals surface area contributed by atoms with E-state index in [4.69, 9.17) is 9.97 Å². The normalized spacial score (nSPS) is 21.1. The van der Waals surface area contributed by atoms with Gasteiger partial charge in [-0.2, -0.15) is 0 Å². The van der Waals surface area contributed by atoms with E-state index in [2.05, 4.69) is 18.3 Å². The van der Waals surface area contributed by atoms with Gasteiger partial charge < -0.3 is 5.32 Å². The first-order valence-electron chi connectivity index (χ1n) is 7.99. The van der Waals surface area contributed by atoms with Crippen molar-refractivity contribution in [2.24, 2.45) is 0 Å². The SMILES string of the molecule is CCNc1cc(C2CCCC2)nc(C2CCCC2)n1. The maximum Gasteiger partial charge on any atom is 0.134 e. The number of aromatic nitrogens is 2. The number of rotatable bonds is 4. The first kappa shape index (κ1) is 12.9. The summed E-state index contributed by atoms with van der Waals surface area (Å²) in [4.78, 5) is 9.68. The summed E-state index contributed by atoms with van der Waals surface area (Å²) in [6, 6.07) is 2.19. The maximum atomic E-state index is 4.93. The Morgan fingerprint density at radius 3 is 2.26 bits per heavy atom. The van der Waals surface area contributed by atoms with Gasteiger partial charge in [-0.05, 0) is 32.6 Å². The van der Waals surface area contributed by atoms with Gasteiger partial charge in [-0.25, -0.2) is 9.97 Å². The zero-order valence-corrected chi connectivity index (χ0v) is 12.0. The molecule has 2 aliphatic rings. The second-order valence-electron chi connectivity index (χ2n) is 6.03. The molecular formula is C16H25N3. The van der Waals surface area contributed by atoms with Gasteiger partial charge in [0.15, 0.2) is 0 Å². The third kappa shape index (κ3) is 2.90. The molecule has 3 nitrogen and oxygen atoms in total. The fraction of sp³-hybridized carbons (Fsp3) is 0.750. The molecular weight excluding hydrogens is 234 g/mol. The van der Waals surface area contributed by atoms with Crippen LogP contribution in [0.25, 0.3) is 0 Å². The van der Waals surface area contributed by atoms with Gasteiger partial charge in [-0.3, -0.25) is 0 Å². The van der Waals surface area contributed by atoms with Gasteiger partial charge >= 0.3 is 0 Å². The second-order valence-corrected chi connectivity index (χ2v) is 6.03. The Labute approximate surface area is 116 Å². The van der Waals surface area contributed by atoms with E-state index in [9.17, 15) is 0 Å². The molecule has 0 aliphatic heterocycles. The number of nitrogens with zero attached hydrogens (tertiary/aromatic N) is 2. The van der Waals surface area contributed by atoms with Crippen molar-refractivity contribution in [3.05, 3.63) is 17.6 Å². The molecule has 0 amide bonds. The highest BCUT2D eigenvalue weighted by atomic mass is 15.0. The van der Waals surface area contributed by atoms with Gasteiger partial charge in [0, 0.05) is 30.1 Å². The molecule has 3 heteroatoms. The fourth-order valence-electron chi connectivity index (χ4n) is 3.55. The highest BCUT2D eigenvalue weighted by molar-refractivity contribution is 5.37. The van der Waals surface area contributed by atoms with Crippen molar-refractivity contribution in [1.29, 1.82) is 0 Å². The minimum Gasteiger partial charge on any atom is -0.370 e. The van der Waals surface area contributed by atoms with E-state index in [0.717, 1.165) is 18.2 Å². The maximum absolute atomic E-state index is 4.93. The van der Waals surface area contributed by atoms with Gasteiger partial charge in [0.2, 0.25) is 0 Å². The van der Waals surface area contributed by atoms with Gasteiger partial charge in [0.05, 0.1) is 0 Å². The minimum atomic E-state index is 0.610. The highest BCUT2D eigenvalue weighted by Crippen LogP contribution is 2.37. The van der Waals surface area contributed by atoms with Crippen LogP contribution in [0.3, 0.4) is 0 Å². The molecule has 0 atom stereocenters. The van der Waals surface area contributed by atoms with Crippen molar-refractivity contribution in [3.8, 4) is 0 Å². The lowest BCUT2D eigenvalue weighted by Gasteiger charge is -2.15. The first-order valence-corrected chi connectivity index (χ1v) is 7.99. The predicted octanol–water partition coefficient (Wildman–Crippen LogP) is 4.22. The monoisotopic (exact) mass is 259 g/mol. The van der Waals surface area contributed by atoms with E-state index in [-0.39, 0.29) is 0 Å². The van der Waals surface area contributed by atoms with E-state index >= 15 is 0 Å². The minimum absolute atomic E-state index is 0.610. The number of nitrogens with one attached hydrogen (secondary N) is 1. The van der Waals surface area contributed by atoms with Crippen LogP contribution in [0.2, 0.25) is 0 Å². The molecule has 2 aliphatic carbocycles. The summed E-state index contributed by atoms with van der Waals surface area (Å²) in [5.41, 5.74) is 1.30. The largest absolute Gasteiger partial charge is 0.370 e. The van der Waals surface area contributed by atoms with Crippen molar-refractivity contribution in [2.75, 3.05) is 11.9 Å². The molecule has 19 heavy (non-hydrogen) atoms. The summed E-state index contributed by atoms with van der Waals surface area (Å²) in [5, 5.41) is 3.38. The molecule has 1 aromatic rings. The van der Waals surface area contributed by atoms with Gasteiger partial charge in [-0.1, -0.05) is 25.7 Å².